The van der Waals surface area contributed by atoms with Crippen molar-refractivity contribution in [1.29, 1.82) is 0 Å². The second kappa shape index (κ2) is 36.0. The molecule has 9 saturated heterocycles. The summed E-state index contributed by atoms with van der Waals surface area (Å²) in [6.45, 7) is -22.2. The molecule has 21 heterocycles. The number of halogens is 5. The highest BCUT2D eigenvalue weighted by atomic mass is 32.7. The minimum Gasteiger partial charge on any atom is -0.389 e. The van der Waals surface area contributed by atoms with E-state index < -0.39 is 255 Å². The van der Waals surface area contributed by atoms with Crippen molar-refractivity contribution >= 4 is 181 Å². The van der Waals surface area contributed by atoms with Crippen molar-refractivity contribution in [2.45, 2.75) is 146 Å². The van der Waals surface area contributed by atoms with Crippen LogP contribution in [0, 0.1) is 0 Å². The molecule has 726 valence electrons. The van der Waals surface area contributed by atoms with Crippen LogP contribution in [-0.2, 0) is 127 Å². The van der Waals surface area contributed by atoms with E-state index in [-0.39, 0.29) is 85.7 Å². The number of nitrogen functional groups attached to an aromatic ring is 3. The van der Waals surface area contributed by atoms with Crippen molar-refractivity contribution in [1.82, 2.24) is 123 Å². The Kier molecular flexibility index (Phi) is 25.4. The van der Waals surface area contributed by atoms with Crippen LogP contribution in [0.3, 0.4) is 0 Å². The van der Waals surface area contributed by atoms with Gasteiger partial charge in [-0.3, -0.25) is 98.2 Å². The molecule has 0 spiro atoms. The second-order valence-corrected chi connectivity index (χ2v) is 45.5. The van der Waals surface area contributed by atoms with E-state index in [1.165, 1.54) is 27.9 Å². The first-order chi connectivity index (χ1) is 63.9. The standard InChI is InChI=1S/C20H22FN9O11P2S2.C20H22FN9O11P2S.C19H19F3N10O10P2S2/c21-8-12-6(39-18(8)29-4-25-9-14(29)23-3-24-16(9)32)1-38-43(36,44)41-13-11(31)7(2-37-42(34,35)40-12)45-19(13)30-5-26-10-15(30)27-20(22)28-17(10)33;21-12-11-4-37-43(35,44)40-9-1-8(7-2-23-16-18(32)24-5-26-30(7)16)38-10(9)3-36-42(33,34)41-14(12)19(39-11)29-6-25-13-15(29)27-20(22)28-17(13)31;20-7-5-1-37-44(36,46)42-11-6(40-17(19(11,21)22)32-12-9(29-30-32)14(33)25-3-24-12)2-38-43(35,45)41-10(7)16(39-5)31-4-26-8-13(31)27-18(23)28-15(8)34/h3-8,11-13,18-19,31H,1-2H2,(H,34,35)(H,36,44)(H,23,24,32)(H3,22,27,28,33);2,5-6,8-12,14,19H,1,3-4H2,(H,33,34)(H,35,44)(H,24,26,32)(H3,22,27,28,31);3-7,10-11,16-17H,1-2H2,(H,35,45)(H,36,46)(H,24,25,33)(H3,23,27,28,34)/t6-,7-,8+,11-,12-,13-,18-,19-,43?;8-,9+,10-,11-,12-,14-,19-,43?;5-,6-,7-,10-,11-,16-,17-,43?,44?/m111/s1. The first-order valence-corrected chi connectivity index (χ1v) is 52.9. The van der Waals surface area contributed by atoms with Gasteiger partial charge in [-0.25, -0.2) is 66.3 Å². The van der Waals surface area contributed by atoms with E-state index in [9.17, 15) is 72.0 Å². The van der Waals surface area contributed by atoms with Gasteiger partial charge in [-0.1, -0.05) is 17.5 Å². The summed E-state index contributed by atoms with van der Waals surface area (Å²) < 4.78 is 218. The molecule has 12 aromatic heterocycles. The lowest BCUT2D eigenvalue weighted by atomic mass is 10.1. The third-order valence-corrected chi connectivity index (χ3v) is 31.4. The van der Waals surface area contributed by atoms with E-state index in [0.717, 1.165) is 57.1 Å². The number of hydrogen-bond donors (Lipinski definition) is 16. The number of nitrogens with one attached hydrogen (secondary N) is 6. The topological polar surface area (TPSA) is 801 Å². The minimum absolute atomic E-state index is 0.00625. The number of rotatable bonds is 6. The molecule has 60 nitrogen and oxygen atoms in total. The van der Waals surface area contributed by atoms with Crippen molar-refractivity contribution in [3.05, 3.63) is 118 Å². The number of thioether (sulfide) groups is 1. The predicted octanol–water partition coefficient (Wildman–Crippen LogP) is -1.42. The Balaban J connectivity index is 0.000000130. The first-order valence-electron chi connectivity index (χ1n) is 38.5. The van der Waals surface area contributed by atoms with Crippen LogP contribution >= 0.6 is 66.6 Å². The molecule has 0 amide bonds. The van der Waals surface area contributed by atoms with Gasteiger partial charge >= 0.3 is 48.5 Å². The summed E-state index contributed by atoms with van der Waals surface area (Å²) in [6.07, 6.45) is -24.7. The first kappa shape index (κ1) is 95.4. The summed E-state index contributed by atoms with van der Waals surface area (Å²) in [6, 6.07) is 0. The van der Waals surface area contributed by atoms with Gasteiger partial charge in [0.25, 0.3) is 33.4 Å². The predicted molar refractivity (Wildman–Crippen MR) is 450 cm³/mol. The molecule has 9 aliphatic rings. The average Bonchev–Trinajstić information content (AvgIpc) is 1.59. The number of fused-ring (bicyclic) bond motifs is 15. The number of ether oxygens (including phenoxy) is 5. The Morgan fingerprint density at radius 2 is 0.956 bits per heavy atom. The van der Waals surface area contributed by atoms with Gasteiger partial charge in [0.1, 0.15) is 72.7 Å². The molecule has 21 rings (SSSR count). The van der Waals surface area contributed by atoms with Crippen LogP contribution in [0.15, 0.2) is 79.3 Å². The van der Waals surface area contributed by atoms with Crippen molar-refractivity contribution in [2.75, 3.05) is 56.8 Å². The number of aromatic nitrogens is 25. The van der Waals surface area contributed by atoms with E-state index in [4.69, 9.17) is 131 Å². The highest BCUT2D eigenvalue weighted by Crippen LogP contribution is 2.63. The smallest absolute Gasteiger partial charge is 0.389 e. The highest BCUT2D eigenvalue weighted by molar-refractivity contribution is 8.44. The second-order valence-electron chi connectivity index (χ2n) is 30.1. The lowest BCUT2D eigenvalue weighted by Crippen LogP contribution is -2.41. The van der Waals surface area contributed by atoms with Crippen LogP contribution in [0.25, 0.3) is 61.5 Å². The zero-order valence-corrected chi connectivity index (χ0v) is 76.0. The molecule has 0 saturated carbocycles. The maximum absolute atomic E-state index is 15.9. The Morgan fingerprint density at radius 1 is 0.474 bits per heavy atom. The molecular formula is C59H63F5N28O32P6S5. The molecule has 0 aromatic carbocycles. The van der Waals surface area contributed by atoms with Gasteiger partial charge in [-0.2, -0.15) is 33.5 Å². The number of H-pyrrole nitrogens is 6. The van der Waals surface area contributed by atoms with Gasteiger partial charge in [0.05, 0.1) is 107 Å². The number of thiol groups is 1. The van der Waals surface area contributed by atoms with Gasteiger partial charge in [-0.15, -0.1) is 16.9 Å². The van der Waals surface area contributed by atoms with Gasteiger partial charge in [0.2, 0.25) is 29.7 Å². The Hall–Kier alpha value is -8.50. The van der Waals surface area contributed by atoms with Gasteiger partial charge < -0.3 is 104 Å². The zero-order chi connectivity index (χ0) is 95.6. The zero-order valence-electron chi connectivity index (χ0n) is 66.5. The van der Waals surface area contributed by atoms with Crippen LogP contribution in [-0.4, -0.2) is 295 Å². The Bertz CT molecular complexity index is 7390. The molecule has 18 N–H and O–H groups in total. The summed E-state index contributed by atoms with van der Waals surface area (Å²) in [5.41, 5.74) is 11.8. The molecule has 6 unspecified atom stereocenters. The fraction of sp³-hybridized carbons (Fsp3) is 0.508. The Labute approximate surface area is 764 Å². The lowest BCUT2D eigenvalue weighted by Gasteiger charge is -2.28. The van der Waals surface area contributed by atoms with E-state index in [1.807, 2.05) is 0 Å². The van der Waals surface area contributed by atoms with Crippen molar-refractivity contribution in [2.24, 2.45) is 0 Å². The number of anilines is 3. The van der Waals surface area contributed by atoms with Crippen molar-refractivity contribution < 1.29 is 143 Å². The fourth-order valence-electron chi connectivity index (χ4n) is 15.6. The number of phosphoric acid groups is 2. The van der Waals surface area contributed by atoms with Crippen LogP contribution < -0.4 is 50.6 Å². The van der Waals surface area contributed by atoms with Crippen molar-refractivity contribution in [3.8, 4) is 0 Å². The van der Waals surface area contributed by atoms with E-state index >= 15 is 22.0 Å². The quantitative estimate of drug-likeness (QED) is 0.0516. The Morgan fingerprint density at radius 3 is 1.56 bits per heavy atom. The molecule has 135 heavy (non-hydrogen) atoms. The maximum Gasteiger partial charge on any atom is 0.472 e. The monoisotopic (exact) mass is 2120 g/mol. The number of alkyl halides is 5. The number of aliphatic hydroxyl groups is 1. The van der Waals surface area contributed by atoms with Crippen LogP contribution in [0.4, 0.5) is 39.8 Å². The molecule has 28 atom stereocenters. The SMILES string of the molecule is Nc1nc2c(ncn2[C@@H]2O[C@@H]3COP(O)(=S)O[C@@H]4[C@@H](COP(=O)(S)O[C@@H]2[C@@H]3F)O[C@@H](n2nnc3c(=O)[nH]cnc32)C4(F)F)c(=O)[nH]1.Nc1nc2c(ncn2[C@@H]2O[C@@H]3COP(O)(=S)O[C@H]4C[C@H](c5cnc6c(=O)[nH]cnn56)O[C@@H]4COP(=O)(O)O[C@@H]2[C@@H]3F)c(=O)[nH]1.Nc1nc2c(ncn2[C@@H]2S[C@@H]3COP(=O)(O)O[C@H]4[C@H](F)[C@H](n5cnc6c(=O)[nH]cnc65)O[C@@H]4COP(O)(=S)O[C@@H]2[C@@H]3O)c(=O)[nH]1. The summed E-state index contributed by atoms with van der Waals surface area (Å²) in [5.74, 6) is -4.90. The number of imidazole rings is 5. The molecule has 76 heteroatoms. The third kappa shape index (κ3) is 18.5. The van der Waals surface area contributed by atoms with E-state index in [2.05, 4.69) is 107 Å². The summed E-state index contributed by atoms with van der Waals surface area (Å²) in [5, 5.41) is 20.4. The molecule has 12 aromatic rings. The number of phosphoric ester groups is 2. The fourth-order valence-corrected chi connectivity index (χ4v) is 24.9. The van der Waals surface area contributed by atoms with Gasteiger partial charge in [0.15, 0.2) is 99.1 Å². The third-order valence-electron chi connectivity index (χ3n) is 21.6. The summed E-state index contributed by atoms with van der Waals surface area (Å²) in [4.78, 5) is 181. The summed E-state index contributed by atoms with van der Waals surface area (Å²) in [7, 11) is -10.1. The molecule has 6 bridgehead atoms. The average molecular weight is 2120 g/mol. The lowest BCUT2D eigenvalue weighted by molar-refractivity contribution is -0.140. The number of hydrogen-bond acceptors (Lipinski definition) is 47. The number of aliphatic hydroxyl groups excluding tert-OH is 1. The molecule has 0 aliphatic carbocycles. The van der Waals surface area contributed by atoms with Crippen LogP contribution in [0.2, 0.25) is 0 Å². The highest BCUT2D eigenvalue weighted by Gasteiger charge is 2.65. The minimum atomic E-state index is -5.06. The van der Waals surface area contributed by atoms with Crippen LogP contribution in [0.1, 0.15) is 48.5 Å². The molecule has 9 aliphatic heterocycles. The molecular weight excluding hydrogens is 2050 g/mol. The van der Waals surface area contributed by atoms with E-state index in [1.54, 1.807) is 0 Å². The van der Waals surface area contributed by atoms with Crippen LogP contribution in [0.5, 0.6) is 0 Å². The van der Waals surface area contributed by atoms with E-state index in [0.29, 0.717) is 10.4 Å². The number of nitrogens with zero attached hydrogens (tertiary/aromatic N) is 19. The number of aromatic amines is 6. The molecule has 9 fully saturated rings. The van der Waals surface area contributed by atoms with Gasteiger partial charge in [-0.05, 0) is 35.4 Å². The maximum atomic E-state index is 15.9. The number of nitrogens with two attached hydrogens (primary N) is 3. The molecule has 0 radical (unpaired) electrons. The van der Waals surface area contributed by atoms with Gasteiger partial charge in [0, 0.05) is 6.42 Å². The summed E-state index contributed by atoms with van der Waals surface area (Å²) >= 11 is 20.2. The normalized spacial score (nSPS) is 37.0. The largest absolute Gasteiger partial charge is 0.472 e. The van der Waals surface area contributed by atoms with Crippen molar-refractivity contribution in [3.63, 3.8) is 0 Å².